The Morgan fingerprint density at radius 2 is 1.87 bits per heavy atom. The molecule has 0 bridgehead atoms. The number of sulfone groups is 1. The van der Waals surface area contributed by atoms with Crippen LogP contribution in [0.1, 0.15) is 20.3 Å². The molecule has 1 aromatic carbocycles. The molecule has 2 N–H and O–H groups in total. The molecule has 7 heteroatoms. The summed E-state index contributed by atoms with van der Waals surface area (Å²) in [5.41, 5.74) is 5.92. The highest BCUT2D eigenvalue weighted by Crippen LogP contribution is 2.15. The Labute approximate surface area is 136 Å². The van der Waals surface area contributed by atoms with Gasteiger partial charge in [0.25, 0.3) is 5.91 Å². The lowest BCUT2D eigenvalue weighted by Gasteiger charge is -2.17. The van der Waals surface area contributed by atoms with Crippen molar-refractivity contribution in [3.63, 3.8) is 0 Å². The summed E-state index contributed by atoms with van der Waals surface area (Å²) in [5.74, 6) is -0.0238. The first-order valence-electron chi connectivity index (χ1n) is 7.38. The summed E-state index contributed by atoms with van der Waals surface area (Å²) in [4.78, 5) is 16.5. The van der Waals surface area contributed by atoms with Crippen molar-refractivity contribution in [2.75, 3.05) is 11.7 Å². The zero-order valence-corrected chi connectivity index (χ0v) is 14.2. The van der Waals surface area contributed by atoms with E-state index in [1.807, 2.05) is 44.2 Å². The molecule has 0 saturated heterocycles. The number of para-hydroxylation sites is 1. The van der Waals surface area contributed by atoms with E-state index in [1.54, 1.807) is 6.07 Å². The van der Waals surface area contributed by atoms with Crippen LogP contribution in [-0.4, -0.2) is 30.8 Å². The van der Waals surface area contributed by atoms with E-state index in [2.05, 4.69) is 15.8 Å². The fourth-order valence-electron chi connectivity index (χ4n) is 2.25. The maximum Gasteiger partial charge on any atom is 0.256 e. The van der Waals surface area contributed by atoms with Crippen LogP contribution in [0, 0.1) is 5.92 Å². The normalized spacial score (nSPS) is 13.0. The topological polar surface area (TPSA) is 88.2 Å². The molecule has 2 rings (SSSR count). The lowest BCUT2D eigenvalue weighted by molar-refractivity contribution is -0.120. The molecule has 1 heterocycles. The molecule has 1 unspecified atom stereocenters. The lowest BCUT2D eigenvalue weighted by atomic mass is 10.1. The van der Waals surface area contributed by atoms with E-state index < -0.39 is 21.0 Å². The van der Waals surface area contributed by atoms with Gasteiger partial charge in [0.05, 0.1) is 5.52 Å². The summed E-state index contributed by atoms with van der Waals surface area (Å²) >= 11 is 0. The van der Waals surface area contributed by atoms with E-state index in [0.717, 1.165) is 17.2 Å². The van der Waals surface area contributed by atoms with Crippen molar-refractivity contribution in [2.45, 2.75) is 25.5 Å². The Bertz CT molecular complexity index is 803. The largest absolute Gasteiger partial charge is 0.282 e. The molecule has 0 aliphatic carbocycles. The van der Waals surface area contributed by atoms with E-state index in [0.29, 0.717) is 5.82 Å². The third kappa shape index (κ3) is 4.66. The molecule has 0 spiro atoms. The van der Waals surface area contributed by atoms with Crippen molar-refractivity contribution in [3.8, 4) is 0 Å². The highest BCUT2D eigenvalue weighted by atomic mass is 32.2. The molecule has 23 heavy (non-hydrogen) atoms. The first kappa shape index (κ1) is 17.2. The van der Waals surface area contributed by atoms with Gasteiger partial charge in [-0.25, -0.2) is 13.4 Å². The highest BCUT2D eigenvalue weighted by molar-refractivity contribution is 7.92. The number of anilines is 1. The lowest BCUT2D eigenvalue weighted by Crippen LogP contribution is -2.43. The summed E-state index contributed by atoms with van der Waals surface area (Å²) in [5, 5.41) is -0.0892. The van der Waals surface area contributed by atoms with Gasteiger partial charge in [-0.2, -0.15) is 0 Å². The molecule has 1 atom stereocenters. The fourth-order valence-corrected chi connectivity index (χ4v) is 3.43. The smallest absolute Gasteiger partial charge is 0.256 e. The summed E-state index contributed by atoms with van der Waals surface area (Å²) in [6.07, 6.45) is 1.35. The number of hydrogen-bond acceptors (Lipinski definition) is 5. The molecule has 0 saturated carbocycles. The molecule has 0 aliphatic rings. The number of fused-ring (bicyclic) bond motifs is 1. The van der Waals surface area contributed by atoms with Gasteiger partial charge in [0, 0.05) is 11.6 Å². The van der Waals surface area contributed by atoms with Crippen LogP contribution >= 0.6 is 0 Å². The monoisotopic (exact) mass is 335 g/mol. The SMILES string of the molecule is CC(C)CC(C(=O)NNc1ccc2ccccc2n1)S(C)(=O)=O. The second-order valence-electron chi connectivity index (χ2n) is 5.95. The van der Waals surface area contributed by atoms with Crippen molar-refractivity contribution in [3.05, 3.63) is 36.4 Å². The van der Waals surface area contributed by atoms with E-state index >= 15 is 0 Å². The van der Waals surface area contributed by atoms with Gasteiger partial charge in [0.1, 0.15) is 11.1 Å². The van der Waals surface area contributed by atoms with Crippen molar-refractivity contribution in [1.29, 1.82) is 0 Å². The Balaban J connectivity index is 2.09. The van der Waals surface area contributed by atoms with Crippen LogP contribution in [0.15, 0.2) is 36.4 Å². The molecule has 0 aliphatic heterocycles. The molecule has 0 fully saturated rings. The molecular weight excluding hydrogens is 314 g/mol. The van der Waals surface area contributed by atoms with Crippen LogP contribution in [0.5, 0.6) is 0 Å². The maximum absolute atomic E-state index is 12.2. The number of pyridine rings is 1. The quantitative estimate of drug-likeness (QED) is 0.790. The number of nitrogens with one attached hydrogen (secondary N) is 2. The van der Waals surface area contributed by atoms with Crippen LogP contribution in [0.3, 0.4) is 0 Å². The maximum atomic E-state index is 12.2. The average Bonchev–Trinajstić information content (AvgIpc) is 2.49. The molecule has 1 aromatic heterocycles. The summed E-state index contributed by atoms with van der Waals surface area (Å²) in [6.45, 7) is 3.76. The Kier molecular flexibility index (Phi) is 5.20. The van der Waals surface area contributed by atoms with Gasteiger partial charge in [-0.05, 0) is 30.5 Å². The van der Waals surface area contributed by atoms with Crippen LogP contribution in [-0.2, 0) is 14.6 Å². The Morgan fingerprint density at radius 3 is 2.52 bits per heavy atom. The first-order chi connectivity index (χ1) is 10.8. The van der Waals surface area contributed by atoms with Crippen LogP contribution < -0.4 is 10.9 Å². The summed E-state index contributed by atoms with van der Waals surface area (Å²) < 4.78 is 23.6. The van der Waals surface area contributed by atoms with Gasteiger partial charge >= 0.3 is 0 Å². The first-order valence-corrected chi connectivity index (χ1v) is 9.33. The highest BCUT2D eigenvalue weighted by Gasteiger charge is 2.29. The van der Waals surface area contributed by atoms with Gasteiger partial charge in [-0.1, -0.05) is 32.0 Å². The van der Waals surface area contributed by atoms with Crippen LogP contribution in [0.4, 0.5) is 5.82 Å². The number of hydrogen-bond donors (Lipinski definition) is 2. The molecule has 2 aromatic rings. The number of hydrazine groups is 1. The second kappa shape index (κ2) is 6.95. The van der Waals surface area contributed by atoms with Crippen molar-refractivity contribution in [2.24, 2.45) is 5.92 Å². The fraction of sp³-hybridized carbons (Fsp3) is 0.375. The van der Waals surface area contributed by atoms with Gasteiger partial charge in [0.2, 0.25) is 0 Å². The predicted octanol–water partition coefficient (Wildman–Crippen LogP) is 2.14. The zero-order chi connectivity index (χ0) is 17.0. The van der Waals surface area contributed by atoms with Crippen molar-refractivity contribution < 1.29 is 13.2 Å². The number of nitrogens with zero attached hydrogens (tertiary/aromatic N) is 1. The molecule has 1 amide bonds. The Hall–Kier alpha value is -2.15. The molecule has 0 radical (unpaired) electrons. The minimum Gasteiger partial charge on any atom is -0.282 e. The van der Waals surface area contributed by atoms with Crippen molar-refractivity contribution >= 4 is 32.5 Å². The van der Waals surface area contributed by atoms with Gasteiger partial charge in [-0.15, -0.1) is 0 Å². The summed E-state index contributed by atoms with van der Waals surface area (Å²) in [7, 11) is -3.47. The number of carbonyl (C=O) groups is 1. The number of aromatic nitrogens is 1. The Morgan fingerprint density at radius 1 is 1.17 bits per heavy atom. The van der Waals surface area contributed by atoms with Crippen LogP contribution in [0.2, 0.25) is 0 Å². The minimum atomic E-state index is -3.47. The third-order valence-electron chi connectivity index (χ3n) is 3.41. The molecule has 6 nitrogen and oxygen atoms in total. The summed E-state index contributed by atoms with van der Waals surface area (Å²) in [6, 6.07) is 11.2. The number of carbonyl (C=O) groups excluding carboxylic acids is 1. The van der Waals surface area contributed by atoms with Gasteiger partial charge in [-0.3, -0.25) is 15.6 Å². The van der Waals surface area contributed by atoms with E-state index in [1.165, 1.54) is 0 Å². The second-order valence-corrected chi connectivity index (χ2v) is 8.18. The number of benzene rings is 1. The standard InChI is InChI=1S/C16H21N3O3S/c1-11(2)10-14(23(3,21)22)16(20)19-18-15-9-8-12-6-4-5-7-13(12)17-15/h4-9,11,14H,10H2,1-3H3,(H,17,18)(H,19,20). The number of rotatable bonds is 6. The third-order valence-corrected chi connectivity index (χ3v) is 4.85. The zero-order valence-electron chi connectivity index (χ0n) is 13.4. The van der Waals surface area contributed by atoms with Gasteiger partial charge < -0.3 is 0 Å². The van der Waals surface area contributed by atoms with E-state index in [9.17, 15) is 13.2 Å². The minimum absolute atomic E-state index is 0.0965. The predicted molar refractivity (Wildman–Crippen MR) is 91.6 cm³/mol. The van der Waals surface area contributed by atoms with Gasteiger partial charge in [0.15, 0.2) is 9.84 Å². The molecular formula is C16H21N3O3S. The van der Waals surface area contributed by atoms with Crippen molar-refractivity contribution in [1.82, 2.24) is 10.4 Å². The van der Waals surface area contributed by atoms with Crippen LogP contribution in [0.25, 0.3) is 10.9 Å². The van der Waals surface area contributed by atoms with E-state index in [-0.39, 0.29) is 12.3 Å². The van der Waals surface area contributed by atoms with E-state index in [4.69, 9.17) is 0 Å². The average molecular weight is 335 g/mol. The number of amides is 1. The molecule has 124 valence electrons.